The average Bonchev–Trinajstić information content (AvgIpc) is 2.62. The number of rotatable bonds is 4. The summed E-state index contributed by atoms with van der Waals surface area (Å²) in [6.45, 7) is 0.858. The average molecular weight is 321 g/mol. The minimum absolute atomic E-state index is 0.525. The van der Waals surface area contributed by atoms with Crippen molar-refractivity contribution < 1.29 is 24.4 Å². The van der Waals surface area contributed by atoms with Gasteiger partial charge in [0.15, 0.2) is 6.23 Å². The number of nitrogens with zero attached hydrogens (tertiary/aromatic N) is 1. The lowest BCUT2D eigenvalue weighted by Gasteiger charge is -2.33. The molecule has 5 atom stereocenters. The molecule has 10 nitrogen and oxygen atoms in total. The molecule has 1 aliphatic heterocycles. The first-order valence-corrected chi connectivity index (χ1v) is 7.26. The number of hydrogen-bond acceptors (Lipinski definition) is 8. The van der Waals surface area contributed by atoms with E-state index in [0.717, 1.165) is 16.8 Å². The van der Waals surface area contributed by atoms with Crippen LogP contribution in [0.4, 0.5) is 0 Å². The summed E-state index contributed by atoms with van der Waals surface area (Å²) in [5.74, 6) is 0. The zero-order valence-electron chi connectivity index (χ0n) is 11.0. The maximum absolute atomic E-state index is 11.8. The normalized spacial score (nSPS) is 34.0. The second-order valence-corrected chi connectivity index (χ2v) is 5.54. The van der Waals surface area contributed by atoms with Crippen molar-refractivity contribution in [1.82, 2.24) is 9.55 Å². The number of H-pyrrole nitrogens is 1. The van der Waals surface area contributed by atoms with E-state index in [9.17, 15) is 24.7 Å². The van der Waals surface area contributed by atoms with E-state index in [0.29, 0.717) is 0 Å². The van der Waals surface area contributed by atoms with E-state index in [1.165, 1.54) is 6.92 Å². The molecule has 1 aromatic rings. The van der Waals surface area contributed by atoms with Crippen LogP contribution in [0.25, 0.3) is 0 Å². The van der Waals surface area contributed by atoms with Gasteiger partial charge in [-0.2, -0.15) is 0 Å². The Balaban J connectivity index is 2.48. The first-order chi connectivity index (χ1) is 9.79. The molecule has 118 valence electrons. The van der Waals surface area contributed by atoms with Crippen molar-refractivity contribution in [2.45, 2.75) is 31.0 Å². The topological polar surface area (TPSA) is 160 Å². The van der Waals surface area contributed by atoms with Gasteiger partial charge in [-0.3, -0.25) is 19.8 Å². The SMILES string of the molecule is C[C@]1(OP(N)O)[C@H](O)[C@@H](CO)O[C@H]1n1ccc(=O)[nH]c1=O. The Morgan fingerprint density at radius 3 is 2.81 bits per heavy atom. The highest BCUT2D eigenvalue weighted by molar-refractivity contribution is 7.43. The van der Waals surface area contributed by atoms with E-state index >= 15 is 0 Å². The van der Waals surface area contributed by atoms with Crippen molar-refractivity contribution >= 4 is 8.53 Å². The second-order valence-electron chi connectivity index (χ2n) is 4.75. The Kier molecular flexibility index (Phi) is 4.59. The van der Waals surface area contributed by atoms with Crippen molar-refractivity contribution in [2.24, 2.45) is 5.50 Å². The third kappa shape index (κ3) is 2.92. The Labute approximate surface area is 119 Å². The fraction of sp³-hybridized carbons (Fsp3) is 0.600. The number of ether oxygens (including phenoxy) is 1. The quantitative estimate of drug-likeness (QED) is 0.388. The van der Waals surface area contributed by atoms with Crippen molar-refractivity contribution in [1.29, 1.82) is 0 Å². The smallest absolute Gasteiger partial charge is 0.330 e. The molecule has 21 heavy (non-hydrogen) atoms. The first-order valence-electron chi connectivity index (χ1n) is 5.98. The molecule has 0 aromatic carbocycles. The van der Waals surface area contributed by atoms with Gasteiger partial charge in [-0.25, -0.2) is 4.79 Å². The lowest BCUT2D eigenvalue weighted by atomic mass is 9.96. The molecule has 11 heteroatoms. The molecule has 2 heterocycles. The molecule has 0 amide bonds. The van der Waals surface area contributed by atoms with Gasteiger partial charge in [0, 0.05) is 12.3 Å². The van der Waals surface area contributed by atoms with E-state index in [-0.39, 0.29) is 0 Å². The molecule has 1 aromatic heterocycles. The predicted octanol–water partition coefficient (Wildman–Crippen LogP) is -2.26. The van der Waals surface area contributed by atoms with Crippen LogP contribution in [0.3, 0.4) is 0 Å². The zero-order chi connectivity index (χ0) is 15.8. The summed E-state index contributed by atoms with van der Waals surface area (Å²) in [6, 6.07) is 1.09. The van der Waals surface area contributed by atoms with Gasteiger partial charge in [-0.15, -0.1) is 0 Å². The van der Waals surface area contributed by atoms with E-state index in [1.807, 2.05) is 4.98 Å². The van der Waals surface area contributed by atoms with E-state index in [2.05, 4.69) is 0 Å². The van der Waals surface area contributed by atoms with Crippen LogP contribution in [0.1, 0.15) is 13.2 Å². The molecule has 0 aliphatic carbocycles. The summed E-state index contributed by atoms with van der Waals surface area (Å²) >= 11 is 0. The highest BCUT2D eigenvalue weighted by atomic mass is 31.2. The molecule has 1 fully saturated rings. The van der Waals surface area contributed by atoms with Crippen LogP contribution in [0.15, 0.2) is 21.9 Å². The maximum atomic E-state index is 11.8. The minimum Gasteiger partial charge on any atom is -0.394 e. The molecule has 2 rings (SSSR count). The van der Waals surface area contributed by atoms with E-state index in [1.54, 1.807) is 0 Å². The highest BCUT2D eigenvalue weighted by Gasteiger charge is 2.56. The van der Waals surface area contributed by atoms with E-state index in [4.69, 9.17) is 14.8 Å². The Bertz CT molecular complexity index is 617. The fourth-order valence-electron chi connectivity index (χ4n) is 2.29. The minimum atomic E-state index is -2.35. The third-order valence-electron chi connectivity index (χ3n) is 3.31. The van der Waals surface area contributed by atoms with Crippen LogP contribution in [0, 0.1) is 0 Å². The van der Waals surface area contributed by atoms with Crippen LogP contribution in [-0.4, -0.2) is 49.1 Å². The molecule has 1 aliphatic rings. The van der Waals surface area contributed by atoms with Gasteiger partial charge in [0.1, 0.15) is 17.8 Å². The van der Waals surface area contributed by atoms with Gasteiger partial charge in [0.2, 0.25) is 0 Å². The van der Waals surface area contributed by atoms with Crippen LogP contribution in [0.2, 0.25) is 0 Å². The van der Waals surface area contributed by atoms with Gasteiger partial charge < -0.3 is 24.4 Å². The number of aromatic amines is 1. The summed E-state index contributed by atoms with van der Waals surface area (Å²) in [7, 11) is -2.35. The number of hydrogen-bond donors (Lipinski definition) is 5. The van der Waals surface area contributed by atoms with Crippen molar-refractivity contribution in [3.8, 4) is 0 Å². The van der Waals surface area contributed by atoms with E-state index < -0.39 is 50.4 Å². The summed E-state index contributed by atoms with van der Waals surface area (Å²) < 4.78 is 11.5. The van der Waals surface area contributed by atoms with Crippen molar-refractivity contribution in [3.05, 3.63) is 33.1 Å². The monoisotopic (exact) mass is 321 g/mol. The second kappa shape index (κ2) is 5.93. The summed E-state index contributed by atoms with van der Waals surface area (Å²) in [4.78, 5) is 34.3. The van der Waals surface area contributed by atoms with Gasteiger partial charge in [-0.1, -0.05) is 0 Å². The molecule has 6 N–H and O–H groups in total. The molecule has 0 radical (unpaired) electrons. The molecule has 1 unspecified atom stereocenters. The standard InChI is InChI=1S/C10H16N3O7P/c1-10(20-21(11)18)7(16)5(4-14)19-8(10)13-3-2-6(15)12-9(13)17/h2-3,5,7-8,14,16,18H,4,11H2,1H3,(H,12,15,17)/t5-,7-,8-,10+,21?/m1/s1. The summed E-state index contributed by atoms with van der Waals surface area (Å²) in [5, 5.41) is 19.4. The van der Waals surface area contributed by atoms with Crippen LogP contribution < -0.4 is 16.8 Å². The summed E-state index contributed by atoms with van der Waals surface area (Å²) in [5.41, 5.74) is 2.27. The zero-order valence-corrected chi connectivity index (χ0v) is 11.9. The van der Waals surface area contributed by atoms with Crippen molar-refractivity contribution in [2.75, 3.05) is 6.61 Å². The number of aliphatic hydroxyl groups excluding tert-OH is 2. The molecular weight excluding hydrogens is 305 g/mol. The Hall–Kier alpha value is -1.13. The lowest BCUT2D eigenvalue weighted by Crippen LogP contribution is -2.48. The number of nitrogens with two attached hydrogens (primary N) is 1. The molecule has 1 saturated heterocycles. The van der Waals surface area contributed by atoms with Crippen LogP contribution in [-0.2, 0) is 9.26 Å². The third-order valence-corrected chi connectivity index (χ3v) is 3.89. The molecule has 0 spiro atoms. The number of aliphatic hydroxyl groups is 2. The van der Waals surface area contributed by atoms with Gasteiger partial charge in [-0.05, 0) is 6.92 Å². The molecule has 0 saturated carbocycles. The Morgan fingerprint density at radius 2 is 2.29 bits per heavy atom. The maximum Gasteiger partial charge on any atom is 0.330 e. The van der Waals surface area contributed by atoms with Gasteiger partial charge in [0.25, 0.3) is 14.1 Å². The van der Waals surface area contributed by atoms with Crippen LogP contribution in [0.5, 0.6) is 0 Å². The first kappa shape index (κ1) is 16.2. The Morgan fingerprint density at radius 1 is 1.62 bits per heavy atom. The molecular formula is C10H16N3O7P. The fourth-order valence-corrected chi connectivity index (χ4v) is 2.89. The lowest BCUT2D eigenvalue weighted by molar-refractivity contribution is -0.0827. The summed E-state index contributed by atoms with van der Waals surface area (Å²) in [6.07, 6.45) is -2.40. The number of aromatic nitrogens is 2. The van der Waals surface area contributed by atoms with Crippen molar-refractivity contribution in [3.63, 3.8) is 0 Å². The van der Waals surface area contributed by atoms with Gasteiger partial charge >= 0.3 is 5.69 Å². The largest absolute Gasteiger partial charge is 0.394 e. The predicted molar refractivity (Wildman–Crippen MR) is 71.1 cm³/mol. The highest BCUT2D eigenvalue weighted by Crippen LogP contribution is 2.45. The number of nitrogens with one attached hydrogen (secondary N) is 1. The molecule has 0 bridgehead atoms. The van der Waals surface area contributed by atoms with Crippen LogP contribution >= 0.6 is 8.53 Å². The van der Waals surface area contributed by atoms with Gasteiger partial charge in [0.05, 0.1) is 6.61 Å².